The zero-order chi connectivity index (χ0) is 19.0. The van der Waals surface area contributed by atoms with E-state index in [4.69, 9.17) is 0 Å². The number of carboxylic acid groups (broad SMARTS) is 2. The molecule has 0 aromatic heterocycles. The van der Waals surface area contributed by atoms with Gasteiger partial charge in [0, 0.05) is 32.0 Å². The average molecular weight is 345 g/mol. The topological polar surface area (TPSA) is 83.5 Å². The molecule has 0 fully saturated rings. The zero-order valence-electron chi connectivity index (χ0n) is 16.2. The highest BCUT2D eigenvalue weighted by atomic mass is 16.4. The van der Waals surface area contributed by atoms with Gasteiger partial charge in [0.05, 0.1) is 53.2 Å². The van der Waals surface area contributed by atoms with Crippen LogP contribution < -0.4 is 10.2 Å². The van der Waals surface area contributed by atoms with Gasteiger partial charge in [0.15, 0.2) is 0 Å². The Hall–Kier alpha value is -1.18. The second kappa shape index (κ2) is 9.96. The third kappa shape index (κ3) is 11.4. The van der Waals surface area contributed by atoms with E-state index in [0.29, 0.717) is 15.0 Å². The van der Waals surface area contributed by atoms with E-state index in [-0.39, 0.29) is 13.1 Å². The van der Waals surface area contributed by atoms with E-state index in [2.05, 4.69) is 18.7 Å². The van der Waals surface area contributed by atoms with Crippen LogP contribution in [0.1, 0.15) is 26.7 Å². The number of carbonyl (C=O) groups excluding carboxylic acids is 2. The molecule has 0 bridgehead atoms. The molecule has 0 heterocycles. The minimum atomic E-state index is -1.02. The number of aliphatic carboxylic acids is 2. The molecule has 0 aliphatic heterocycles. The molecule has 0 rings (SSSR count). The van der Waals surface area contributed by atoms with E-state index in [1.807, 2.05) is 28.2 Å². The van der Waals surface area contributed by atoms with Gasteiger partial charge >= 0.3 is 0 Å². The number of hydrogen-bond acceptors (Lipinski definition) is 5. The number of rotatable bonds is 13. The molecule has 0 spiro atoms. The van der Waals surface area contributed by atoms with Gasteiger partial charge in [-0.25, -0.2) is 0 Å². The van der Waals surface area contributed by atoms with Crippen molar-refractivity contribution in [3.8, 4) is 0 Å². The summed E-state index contributed by atoms with van der Waals surface area (Å²) in [4.78, 5) is 23.9. The van der Waals surface area contributed by atoms with Gasteiger partial charge in [0.1, 0.15) is 13.1 Å². The fourth-order valence-corrected chi connectivity index (χ4v) is 2.89. The van der Waals surface area contributed by atoms with Gasteiger partial charge in [-0.2, -0.15) is 0 Å². The second-order valence-electron chi connectivity index (χ2n) is 8.22. The first-order valence-electron chi connectivity index (χ1n) is 8.62. The summed E-state index contributed by atoms with van der Waals surface area (Å²) >= 11 is 0. The Morgan fingerprint density at radius 2 is 1.17 bits per heavy atom. The van der Waals surface area contributed by atoms with E-state index in [0.717, 1.165) is 39.0 Å². The molecule has 0 N–H and O–H groups in total. The first-order valence-corrected chi connectivity index (χ1v) is 8.62. The summed E-state index contributed by atoms with van der Waals surface area (Å²) in [6.45, 7) is 7.70. The van der Waals surface area contributed by atoms with Crippen LogP contribution >= 0.6 is 0 Å². The zero-order valence-corrected chi connectivity index (χ0v) is 16.2. The number of hydrogen-bond donors (Lipinski definition) is 0. The Kier molecular flexibility index (Phi) is 9.47. The minimum absolute atomic E-state index is 0.0244. The molecule has 24 heavy (non-hydrogen) atoms. The molecule has 0 amide bonds. The maximum Gasteiger partial charge on any atom is 0.119 e. The fraction of sp³-hybridized carbons (Fsp3) is 0.882. The summed E-state index contributed by atoms with van der Waals surface area (Å²) in [6.07, 6.45) is 1.82. The molecule has 0 aromatic rings. The van der Waals surface area contributed by atoms with Gasteiger partial charge in [-0.3, -0.25) is 0 Å². The Morgan fingerprint density at radius 3 is 1.42 bits per heavy atom. The van der Waals surface area contributed by atoms with Crippen LogP contribution in [0.5, 0.6) is 0 Å². The number of carbonyl (C=O) groups is 2. The monoisotopic (exact) mass is 345 g/mol. The van der Waals surface area contributed by atoms with Crippen molar-refractivity contribution in [1.82, 2.24) is 4.90 Å². The summed E-state index contributed by atoms with van der Waals surface area (Å²) in [6, 6.07) is 0.401. The normalized spacial score (nSPS) is 12.8. The molecule has 0 aliphatic carbocycles. The lowest BCUT2D eigenvalue weighted by molar-refractivity contribution is -0.885. The van der Waals surface area contributed by atoms with Crippen LogP contribution in [-0.2, 0) is 9.59 Å². The third-order valence-electron chi connectivity index (χ3n) is 4.26. The number of quaternary nitrogens is 2. The summed E-state index contributed by atoms with van der Waals surface area (Å²) in [7, 11) is 7.59. The van der Waals surface area contributed by atoms with Crippen molar-refractivity contribution >= 4 is 11.9 Å². The predicted octanol–water partition coefficient (Wildman–Crippen LogP) is -1.87. The molecule has 0 unspecified atom stereocenters. The van der Waals surface area contributed by atoms with E-state index in [9.17, 15) is 19.8 Å². The van der Waals surface area contributed by atoms with Crippen molar-refractivity contribution in [2.45, 2.75) is 32.7 Å². The molecule has 7 heteroatoms. The van der Waals surface area contributed by atoms with Crippen LogP contribution in [0, 0.1) is 0 Å². The quantitative estimate of drug-likeness (QED) is 0.365. The molecule has 0 aliphatic rings. The lowest BCUT2D eigenvalue weighted by Crippen LogP contribution is -2.50. The van der Waals surface area contributed by atoms with Crippen LogP contribution in [0.2, 0.25) is 0 Å². The standard InChI is InChI=1S/C17H35N3O4/c1-15(2)18(9-7-11-19(3,4)13-16(21)22)10-8-12-20(5,6)14-17(23)24/h15H,7-14H2,1-6H3. The van der Waals surface area contributed by atoms with Gasteiger partial charge in [-0.1, -0.05) is 0 Å². The largest absolute Gasteiger partial charge is 0.544 e. The Morgan fingerprint density at radius 1 is 0.833 bits per heavy atom. The van der Waals surface area contributed by atoms with Gasteiger partial charge in [-0.05, 0) is 13.8 Å². The molecular formula is C17H35N3O4. The number of nitrogens with zero attached hydrogens (tertiary/aromatic N) is 3. The van der Waals surface area contributed by atoms with Crippen molar-refractivity contribution in [3.63, 3.8) is 0 Å². The lowest BCUT2D eigenvalue weighted by Gasteiger charge is -2.34. The maximum absolute atomic E-state index is 10.7. The molecule has 0 radical (unpaired) electrons. The molecule has 142 valence electrons. The van der Waals surface area contributed by atoms with Crippen LogP contribution in [0.15, 0.2) is 0 Å². The Labute approximate surface area is 146 Å². The van der Waals surface area contributed by atoms with E-state index in [1.165, 1.54) is 0 Å². The first-order chi connectivity index (χ1) is 10.8. The Balaban J connectivity index is 4.28. The van der Waals surface area contributed by atoms with Crippen molar-refractivity contribution in [3.05, 3.63) is 0 Å². The van der Waals surface area contributed by atoms with E-state index >= 15 is 0 Å². The number of carboxylic acids is 2. The highest BCUT2D eigenvalue weighted by Crippen LogP contribution is 2.07. The van der Waals surface area contributed by atoms with Gasteiger partial charge in [0.25, 0.3) is 0 Å². The molecular weight excluding hydrogens is 310 g/mol. The predicted molar refractivity (Wildman–Crippen MR) is 89.6 cm³/mol. The van der Waals surface area contributed by atoms with Crippen LogP contribution in [-0.4, -0.2) is 99.3 Å². The van der Waals surface area contributed by atoms with Crippen LogP contribution in [0.4, 0.5) is 0 Å². The van der Waals surface area contributed by atoms with Crippen LogP contribution in [0.3, 0.4) is 0 Å². The molecule has 7 nitrogen and oxygen atoms in total. The minimum Gasteiger partial charge on any atom is -0.544 e. The van der Waals surface area contributed by atoms with Gasteiger partial charge < -0.3 is 33.7 Å². The Bertz CT molecular complexity index is 375. The van der Waals surface area contributed by atoms with Crippen molar-refractivity contribution in [2.24, 2.45) is 0 Å². The molecule has 0 saturated heterocycles. The highest BCUT2D eigenvalue weighted by molar-refractivity contribution is 5.65. The second-order valence-corrected chi connectivity index (χ2v) is 8.22. The smallest absolute Gasteiger partial charge is 0.119 e. The maximum atomic E-state index is 10.7. The summed E-state index contributed by atoms with van der Waals surface area (Å²) in [5.74, 6) is -2.04. The first kappa shape index (κ1) is 22.8. The lowest BCUT2D eigenvalue weighted by atomic mass is 10.2. The summed E-state index contributed by atoms with van der Waals surface area (Å²) < 4.78 is 0.841. The third-order valence-corrected chi connectivity index (χ3v) is 4.26. The van der Waals surface area contributed by atoms with Crippen molar-refractivity contribution < 1.29 is 28.8 Å². The number of likely N-dealkylation sites (N-methyl/N-ethyl adjacent to an activating group) is 2. The highest BCUT2D eigenvalue weighted by Gasteiger charge is 2.19. The van der Waals surface area contributed by atoms with E-state index in [1.54, 1.807) is 0 Å². The van der Waals surface area contributed by atoms with Crippen LogP contribution in [0.25, 0.3) is 0 Å². The summed E-state index contributed by atoms with van der Waals surface area (Å²) in [5, 5.41) is 21.5. The SMILES string of the molecule is CC(C)N(CCC[N+](C)(C)CC(=O)[O-])CCC[N+](C)(C)CC(=O)[O-]. The van der Waals surface area contributed by atoms with Gasteiger partial charge in [0.2, 0.25) is 0 Å². The molecule has 0 saturated carbocycles. The fourth-order valence-electron chi connectivity index (χ4n) is 2.89. The molecule has 0 atom stereocenters. The van der Waals surface area contributed by atoms with Crippen molar-refractivity contribution in [1.29, 1.82) is 0 Å². The molecule has 0 aromatic carbocycles. The summed E-state index contributed by atoms with van der Waals surface area (Å²) in [5.41, 5.74) is 0. The van der Waals surface area contributed by atoms with E-state index < -0.39 is 11.9 Å². The average Bonchev–Trinajstić information content (AvgIpc) is 2.32. The van der Waals surface area contributed by atoms with Crippen molar-refractivity contribution in [2.75, 3.05) is 67.5 Å². The van der Waals surface area contributed by atoms with Gasteiger partial charge in [-0.15, -0.1) is 0 Å².